The fourth-order valence-corrected chi connectivity index (χ4v) is 3.16. The van der Waals surface area contributed by atoms with Crippen molar-refractivity contribution in [1.29, 1.82) is 5.26 Å². The first-order valence-corrected chi connectivity index (χ1v) is 7.14. The topological polar surface area (TPSA) is 57.0 Å². The molecule has 2 heterocycles. The maximum atomic E-state index is 11.9. The Labute approximate surface area is 111 Å². The summed E-state index contributed by atoms with van der Waals surface area (Å²) in [5.41, 5.74) is 0.510. The Morgan fingerprint density at radius 3 is 2.72 bits per heavy atom. The highest BCUT2D eigenvalue weighted by Gasteiger charge is 2.26. The van der Waals surface area contributed by atoms with Crippen LogP contribution in [0.4, 0.5) is 0 Å². The number of piperidine rings is 1. The van der Waals surface area contributed by atoms with E-state index in [0.717, 1.165) is 30.9 Å². The van der Waals surface area contributed by atoms with Crippen molar-refractivity contribution in [2.45, 2.75) is 32.6 Å². The minimum Gasteiger partial charge on any atom is -0.342 e. The monoisotopic (exact) mass is 263 g/mol. The van der Waals surface area contributed by atoms with E-state index in [4.69, 9.17) is 5.26 Å². The summed E-state index contributed by atoms with van der Waals surface area (Å²) in [5.74, 6) is 0.727. The van der Waals surface area contributed by atoms with Gasteiger partial charge >= 0.3 is 0 Å². The molecule has 0 aliphatic carbocycles. The van der Waals surface area contributed by atoms with Crippen molar-refractivity contribution in [3.63, 3.8) is 0 Å². The largest absolute Gasteiger partial charge is 0.342 e. The first kappa shape index (κ1) is 13.0. The average molecular weight is 263 g/mol. The predicted molar refractivity (Wildman–Crippen MR) is 70.2 cm³/mol. The molecule has 0 atom stereocenters. The zero-order valence-electron chi connectivity index (χ0n) is 10.7. The van der Waals surface area contributed by atoms with Crippen LogP contribution in [0.15, 0.2) is 5.38 Å². The van der Waals surface area contributed by atoms with Crippen molar-refractivity contribution in [2.75, 3.05) is 13.1 Å². The van der Waals surface area contributed by atoms with Crippen LogP contribution >= 0.6 is 11.3 Å². The number of hydrogen-bond donors (Lipinski definition) is 0. The van der Waals surface area contributed by atoms with Crippen molar-refractivity contribution in [3.8, 4) is 6.07 Å². The van der Waals surface area contributed by atoms with Gasteiger partial charge in [-0.05, 0) is 12.8 Å². The third-order valence-corrected chi connectivity index (χ3v) is 4.29. The number of rotatable bonds is 2. The van der Waals surface area contributed by atoms with Crippen LogP contribution in [0.3, 0.4) is 0 Å². The molecule has 5 heteroatoms. The normalized spacial score (nSPS) is 16.9. The summed E-state index contributed by atoms with van der Waals surface area (Å²) in [5, 5.41) is 11.6. The molecule has 0 radical (unpaired) electrons. The summed E-state index contributed by atoms with van der Waals surface area (Å²) in [6, 6.07) is 2.06. The van der Waals surface area contributed by atoms with Crippen molar-refractivity contribution < 1.29 is 4.79 Å². The smallest absolute Gasteiger partial charge is 0.225 e. The molecule has 1 aliphatic heterocycles. The van der Waals surface area contributed by atoms with Gasteiger partial charge in [0.05, 0.1) is 5.01 Å². The van der Waals surface area contributed by atoms with Gasteiger partial charge in [0, 0.05) is 30.3 Å². The molecule has 2 rings (SSSR count). The Morgan fingerprint density at radius 2 is 2.22 bits per heavy atom. The highest BCUT2D eigenvalue weighted by molar-refractivity contribution is 7.09. The van der Waals surface area contributed by atoms with Gasteiger partial charge in [-0.3, -0.25) is 4.79 Å². The highest BCUT2D eigenvalue weighted by Crippen LogP contribution is 2.30. The molecule has 0 saturated carbocycles. The lowest BCUT2D eigenvalue weighted by atomic mass is 9.96. The number of aromatic nitrogens is 1. The molecule has 4 nitrogen and oxygen atoms in total. The van der Waals surface area contributed by atoms with Gasteiger partial charge in [0.1, 0.15) is 6.07 Å². The van der Waals surface area contributed by atoms with Crippen LogP contribution in [0.1, 0.15) is 43.3 Å². The molecule has 0 unspecified atom stereocenters. The number of hydrogen-bond acceptors (Lipinski definition) is 4. The minimum absolute atomic E-state index is 0.0756. The van der Waals surface area contributed by atoms with E-state index in [-0.39, 0.29) is 11.8 Å². The SMILES string of the molecule is CC(C)C(=O)N1CCC(c2nc(C#N)cs2)CC1. The maximum Gasteiger partial charge on any atom is 0.225 e. The second-order valence-electron chi connectivity index (χ2n) is 4.94. The zero-order chi connectivity index (χ0) is 13.1. The second-order valence-corrected chi connectivity index (χ2v) is 5.83. The molecule has 1 aromatic heterocycles. The lowest BCUT2D eigenvalue weighted by Crippen LogP contribution is -2.40. The molecule has 0 spiro atoms. The van der Waals surface area contributed by atoms with E-state index in [1.54, 1.807) is 16.7 Å². The zero-order valence-corrected chi connectivity index (χ0v) is 11.5. The molecule has 0 N–H and O–H groups in total. The van der Waals surface area contributed by atoms with Gasteiger partial charge in [-0.1, -0.05) is 13.8 Å². The quantitative estimate of drug-likeness (QED) is 0.823. The second kappa shape index (κ2) is 5.49. The van der Waals surface area contributed by atoms with Gasteiger partial charge in [0.25, 0.3) is 0 Å². The molecular weight excluding hydrogens is 246 g/mol. The van der Waals surface area contributed by atoms with E-state index >= 15 is 0 Å². The molecule has 1 aromatic rings. The van der Waals surface area contributed by atoms with Gasteiger partial charge in [0.15, 0.2) is 5.69 Å². The fourth-order valence-electron chi connectivity index (χ4n) is 2.24. The Morgan fingerprint density at radius 1 is 1.56 bits per heavy atom. The minimum atomic E-state index is 0.0756. The lowest BCUT2D eigenvalue weighted by molar-refractivity contribution is -0.135. The molecule has 1 amide bonds. The first-order chi connectivity index (χ1) is 8.61. The first-order valence-electron chi connectivity index (χ1n) is 6.26. The summed E-state index contributed by atoms with van der Waals surface area (Å²) >= 11 is 1.56. The number of likely N-dealkylation sites (tertiary alicyclic amines) is 1. The molecule has 96 valence electrons. The summed E-state index contributed by atoms with van der Waals surface area (Å²) in [7, 11) is 0. The predicted octanol–water partition coefficient (Wildman–Crippen LogP) is 2.38. The lowest BCUT2D eigenvalue weighted by Gasteiger charge is -2.32. The Balaban J connectivity index is 1.94. The summed E-state index contributed by atoms with van der Waals surface area (Å²) in [6.45, 7) is 5.50. The van der Waals surface area contributed by atoms with Crippen LogP contribution < -0.4 is 0 Å². The van der Waals surface area contributed by atoms with Crippen LogP contribution in [0.5, 0.6) is 0 Å². The highest BCUT2D eigenvalue weighted by atomic mass is 32.1. The van der Waals surface area contributed by atoms with E-state index in [2.05, 4.69) is 11.1 Å². The number of thiazole rings is 1. The number of carbonyl (C=O) groups excluding carboxylic acids is 1. The summed E-state index contributed by atoms with van der Waals surface area (Å²) in [6.07, 6.45) is 1.91. The molecule has 1 fully saturated rings. The standard InChI is InChI=1S/C13H17N3OS/c1-9(2)13(17)16-5-3-10(4-6-16)12-15-11(7-14)8-18-12/h8-10H,3-6H2,1-2H3. The molecule has 0 bridgehead atoms. The molecule has 1 saturated heterocycles. The van der Waals surface area contributed by atoms with E-state index in [9.17, 15) is 4.79 Å². The van der Waals surface area contributed by atoms with Gasteiger partial charge in [-0.2, -0.15) is 5.26 Å². The Hall–Kier alpha value is -1.41. The summed E-state index contributed by atoms with van der Waals surface area (Å²) in [4.78, 5) is 18.1. The van der Waals surface area contributed by atoms with E-state index in [1.165, 1.54) is 0 Å². The van der Waals surface area contributed by atoms with Crippen LogP contribution in [0.2, 0.25) is 0 Å². The average Bonchev–Trinajstić information content (AvgIpc) is 2.86. The number of carbonyl (C=O) groups is 1. The molecule has 18 heavy (non-hydrogen) atoms. The van der Waals surface area contributed by atoms with Crippen LogP contribution in [-0.2, 0) is 4.79 Å². The third kappa shape index (κ3) is 2.70. The van der Waals surface area contributed by atoms with Crippen LogP contribution in [0.25, 0.3) is 0 Å². The van der Waals surface area contributed by atoms with Crippen molar-refractivity contribution >= 4 is 17.2 Å². The Bertz CT molecular complexity index is 467. The van der Waals surface area contributed by atoms with Crippen molar-refractivity contribution in [3.05, 3.63) is 16.1 Å². The van der Waals surface area contributed by atoms with Crippen LogP contribution in [-0.4, -0.2) is 28.9 Å². The van der Waals surface area contributed by atoms with Crippen LogP contribution in [0, 0.1) is 17.2 Å². The molecular formula is C13H17N3OS. The third-order valence-electron chi connectivity index (χ3n) is 3.29. The van der Waals surface area contributed by atoms with E-state index < -0.39 is 0 Å². The summed E-state index contributed by atoms with van der Waals surface area (Å²) < 4.78 is 0. The number of amides is 1. The van der Waals surface area contributed by atoms with E-state index in [0.29, 0.717) is 11.6 Å². The van der Waals surface area contributed by atoms with E-state index in [1.807, 2.05) is 18.7 Å². The maximum absolute atomic E-state index is 11.9. The van der Waals surface area contributed by atoms with Gasteiger partial charge in [-0.15, -0.1) is 11.3 Å². The Kier molecular flexibility index (Phi) is 3.97. The van der Waals surface area contributed by atoms with Gasteiger partial charge < -0.3 is 4.90 Å². The van der Waals surface area contributed by atoms with Gasteiger partial charge in [0.2, 0.25) is 5.91 Å². The molecule has 1 aliphatic rings. The van der Waals surface area contributed by atoms with Crippen molar-refractivity contribution in [1.82, 2.24) is 9.88 Å². The number of nitrogens with zero attached hydrogens (tertiary/aromatic N) is 3. The van der Waals surface area contributed by atoms with Gasteiger partial charge in [-0.25, -0.2) is 4.98 Å². The fraction of sp³-hybridized carbons (Fsp3) is 0.615. The molecule has 0 aromatic carbocycles. The number of nitriles is 1. The van der Waals surface area contributed by atoms with Crippen molar-refractivity contribution in [2.24, 2.45) is 5.92 Å².